The second-order valence-corrected chi connectivity index (χ2v) is 11.9. The number of hydrogen-bond donors (Lipinski definition) is 2. The van der Waals surface area contributed by atoms with Crippen molar-refractivity contribution in [3.05, 3.63) is 39.3 Å². The summed E-state index contributed by atoms with van der Waals surface area (Å²) in [6, 6.07) is 1.04. The van der Waals surface area contributed by atoms with E-state index in [9.17, 15) is 45.7 Å². The number of thiazole rings is 1. The minimum atomic E-state index is -6.22. The number of carbonyl (C=O) groups excluding carboxylic acids is 1. The number of aliphatic hydroxyl groups is 2. The van der Waals surface area contributed by atoms with Crippen LogP contribution in [-0.4, -0.2) is 73.4 Å². The molecule has 42 heavy (non-hydrogen) atoms. The fraction of sp³-hybridized carbons (Fsp3) is 0.500. The van der Waals surface area contributed by atoms with Gasteiger partial charge in [-0.25, -0.2) is 9.37 Å². The van der Waals surface area contributed by atoms with Gasteiger partial charge in [0.05, 0.1) is 26.9 Å². The van der Waals surface area contributed by atoms with E-state index in [0.29, 0.717) is 17.4 Å². The van der Waals surface area contributed by atoms with Crippen LogP contribution >= 0.6 is 34.5 Å². The zero-order valence-corrected chi connectivity index (χ0v) is 23.9. The van der Waals surface area contributed by atoms with Gasteiger partial charge in [-0.2, -0.15) is 26.3 Å². The highest BCUT2D eigenvalue weighted by Crippen LogP contribution is 2.54. The van der Waals surface area contributed by atoms with Crippen LogP contribution in [0.3, 0.4) is 0 Å². The fourth-order valence-corrected chi connectivity index (χ4v) is 5.82. The third kappa shape index (κ3) is 6.09. The Hall–Kier alpha value is -2.53. The summed E-state index contributed by atoms with van der Waals surface area (Å²) in [7, 11) is 0. The summed E-state index contributed by atoms with van der Waals surface area (Å²) in [5, 5.41) is 25.4. The number of piperidine rings is 1. The van der Waals surface area contributed by atoms with Gasteiger partial charge < -0.3 is 19.5 Å². The number of alkyl halides is 7. The summed E-state index contributed by atoms with van der Waals surface area (Å²) in [5.41, 5.74) is -8.95. The van der Waals surface area contributed by atoms with Crippen molar-refractivity contribution in [2.45, 2.75) is 62.8 Å². The van der Waals surface area contributed by atoms with Crippen LogP contribution in [0.1, 0.15) is 48.6 Å². The van der Waals surface area contributed by atoms with Crippen molar-refractivity contribution in [3.8, 4) is 21.3 Å². The number of amides is 1. The molecule has 1 fully saturated rings. The number of halogens is 9. The van der Waals surface area contributed by atoms with Gasteiger partial charge in [0, 0.05) is 24.2 Å². The number of rotatable bonds is 6. The molecule has 1 saturated heterocycles. The van der Waals surface area contributed by atoms with Crippen LogP contribution in [0.25, 0.3) is 21.3 Å². The van der Waals surface area contributed by atoms with Gasteiger partial charge in [0.15, 0.2) is 5.01 Å². The standard InChI is InChI=1S/C24H21Cl2F7N4O4S/c1-21(2,39)9-13-35-36-18(41-13)19-34-16(20(38)37-7-5-10(27)6-8-37)17(42-19)11-3-4-12(15(26)14(11)25)22(40,23(28,29)30)24(31,32)33/h3-4,10,39-40H,5-9H2,1-2H3. The van der Waals surface area contributed by atoms with E-state index in [1.807, 2.05) is 0 Å². The van der Waals surface area contributed by atoms with Crippen LogP contribution in [0.2, 0.25) is 10.0 Å². The quantitative estimate of drug-likeness (QED) is 0.295. The predicted molar refractivity (Wildman–Crippen MR) is 137 cm³/mol. The molecular formula is C24H21Cl2F7N4O4S. The van der Waals surface area contributed by atoms with Crippen molar-refractivity contribution in [3.63, 3.8) is 0 Å². The van der Waals surface area contributed by atoms with Gasteiger partial charge in [-0.05, 0) is 26.7 Å². The molecule has 2 N–H and O–H groups in total. The second-order valence-electron chi connectivity index (χ2n) is 10.1. The third-order valence-electron chi connectivity index (χ3n) is 6.31. The predicted octanol–water partition coefficient (Wildman–Crippen LogP) is 6.37. The van der Waals surface area contributed by atoms with Crippen LogP contribution in [0, 0.1) is 0 Å². The first kappa shape index (κ1) is 32.4. The maximum atomic E-state index is 13.7. The minimum absolute atomic E-state index is 0.0103. The fourth-order valence-electron chi connectivity index (χ4n) is 4.19. The average Bonchev–Trinajstić information content (AvgIpc) is 3.50. The summed E-state index contributed by atoms with van der Waals surface area (Å²) in [5.74, 6) is -0.922. The van der Waals surface area contributed by atoms with Gasteiger partial charge in [-0.1, -0.05) is 35.3 Å². The molecule has 3 heterocycles. The van der Waals surface area contributed by atoms with E-state index < -0.39 is 51.2 Å². The number of likely N-dealkylation sites (tertiary alicyclic amines) is 1. The molecule has 1 aromatic carbocycles. The van der Waals surface area contributed by atoms with Crippen molar-refractivity contribution in [1.82, 2.24) is 20.1 Å². The Morgan fingerprint density at radius 1 is 1.05 bits per heavy atom. The van der Waals surface area contributed by atoms with E-state index in [2.05, 4.69) is 15.2 Å². The first-order valence-electron chi connectivity index (χ1n) is 12.1. The molecule has 0 bridgehead atoms. The molecule has 0 spiro atoms. The molecule has 1 aliphatic rings. The van der Waals surface area contributed by atoms with Gasteiger partial charge in [0.1, 0.15) is 11.9 Å². The Morgan fingerprint density at radius 3 is 2.19 bits per heavy atom. The van der Waals surface area contributed by atoms with Crippen molar-refractivity contribution in [2.75, 3.05) is 13.1 Å². The lowest BCUT2D eigenvalue weighted by Crippen LogP contribution is -2.54. The van der Waals surface area contributed by atoms with Crippen molar-refractivity contribution < 1.29 is 50.2 Å². The number of carbonyl (C=O) groups is 1. The highest BCUT2D eigenvalue weighted by atomic mass is 35.5. The van der Waals surface area contributed by atoms with Crippen molar-refractivity contribution in [2.24, 2.45) is 0 Å². The molecule has 3 aromatic rings. The van der Waals surface area contributed by atoms with Crippen LogP contribution in [0.5, 0.6) is 0 Å². The van der Waals surface area contributed by atoms with Gasteiger partial charge in [0.2, 0.25) is 5.89 Å². The largest absolute Gasteiger partial charge is 0.430 e. The molecule has 0 aliphatic carbocycles. The molecule has 0 saturated carbocycles. The number of hydrogen-bond acceptors (Lipinski definition) is 8. The maximum absolute atomic E-state index is 13.7. The zero-order chi connectivity index (χ0) is 31.4. The SMILES string of the molecule is CC(C)(O)Cc1nnc(-c2nc(C(=O)N3CCC(F)CC3)c(-c3ccc(C(O)(C(F)(F)F)C(F)(F)F)c(Cl)c3Cl)s2)o1. The summed E-state index contributed by atoms with van der Waals surface area (Å²) < 4.78 is 100. The van der Waals surface area contributed by atoms with E-state index in [1.54, 1.807) is 0 Å². The Kier molecular flexibility index (Phi) is 8.63. The Labute approximate surface area is 247 Å². The van der Waals surface area contributed by atoms with Gasteiger partial charge in [0.25, 0.3) is 17.4 Å². The van der Waals surface area contributed by atoms with Gasteiger partial charge in [-0.15, -0.1) is 21.5 Å². The minimum Gasteiger partial charge on any atom is -0.419 e. The van der Waals surface area contributed by atoms with E-state index in [0.717, 1.165) is 6.07 Å². The molecule has 0 unspecified atom stereocenters. The van der Waals surface area contributed by atoms with Crippen LogP contribution in [0.4, 0.5) is 30.7 Å². The molecule has 8 nitrogen and oxygen atoms in total. The summed E-state index contributed by atoms with van der Waals surface area (Å²) in [4.78, 5) is 18.9. The molecule has 0 radical (unpaired) electrons. The number of benzene rings is 1. The zero-order valence-electron chi connectivity index (χ0n) is 21.6. The summed E-state index contributed by atoms with van der Waals surface area (Å²) >= 11 is 12.8. The molecule has 0 atom stereocenters. The highest BCUT2D eigenvalue weighted by molar-refractivity contribution is 7.18. The van der Waals surface area contributed by atoms with E-state index in [4.69, 9.17) is 27.6 Å². The molecule has 18 heteroatoms. The van der Waals surface area contributed by atoms with E-state index in [1.165, 1.54) is 18.7 Å². The average molecular weight is 665 g/mol. The molecule has 4 rings (SSSR count). The lowest BCUT2D eigenvalue weighted by molar-refractivity contribution is -0.376. The Bertz CT molecular complexity index is 1460. The third-order valence-corrected chi connectivity index (χ3v) is 8.27. The summed E-state index contributed by atoms with van der Waals surface area (Å²) in [6.07, 6.45) is -13.5. The summed E-state index contributed by atoms with van der Waals surface area (Å²) in [6.45, 7) is 3.01. The Balaban J connectivity index is 1.86. The maximum Gasteiger partial charge on any atom is 0.430 e. The molecule has 1 amide bonds. The molecule has 1 aliphatic heterocycles. The molecular weight excluding hydrogens is 644 g/mol. The van der Waals surface area contributed by atoms with E-state index >= 15 is 0 Å². The first-order chi connectivity index (χ1) is 19.2. The van der Waals surface area contributed by atoms with E-state index in [-0.39, 0.29) is 65.3 Å². The second kappa shape index (κ2) is 11.2. The lowest BCUT2D eigenvalue weighted by Gasteiger charge is -2.33. The van der Waals surface area contributed by atoms with Crippen molar-refractivity contribution >= 4 is 40.4 Å². The van der Waals surface area contributed by atoms with Gasteiger partial charge in [-0.3, -0.25) is 4.79 Å². The normalized spacial score (nSPS) is 15.9. The van der Waals surface area contributed by atoms with Crippen LogP contribution in [0.15, 0.2) is 16.5 Å². The topological polar surface area (TPSA) is 113 Å². The van der Waals surface area contributed by atoms with Crippen molar-refractivity contribution in [1.29, 1.82) is 0 Å². The Morgan fingerprint density at radius 2 is 1.64 bits per heavy atom. The highest BCUT2D eigenvalue weighted by Gasteiger charge is 2.72. The number of nitrogens with zero attached hydrogens (tertiary/aromatic N) is 4. The van der Waals surface area contributed by atoms with Crippen LogP contribution < -0.4 is 0 Å². The lowest BCUT2D eigenvalue weighted by atomic mass is 9.91. The van der Waals surface area contributed by atoms with Gasteiger partial charge >= 0.3 is 12.4 Å². The smallest absolute Gasteiger partial charge is 0.419 e. The molecule has 230 valence electrons. The first-order valence-corrected chi connectivity index (χ1v) is 13.7. The van der Waals surface area contributed by atoms with Crippen LogP contribution in [-0.2, 0) is 12.0 Å². The number of aromatic nitrogens is 3. The monoisotopic (exact) mass is 664 g/mol. The molecule has 2 aromatic heterocycles.